The fraction of sp³-hybridized carbons (Fsp3) is 0.545. The molecule has 0 spiro atoms. The van der Waals surface area contributed by atoms with Gasteiger partial charge in [0.1, 0.15) is 0 Å². The second kappa shape index (κ2) is 13.3. The number of amides is 1. The molecule has 0 aliphatic rings. The van der Waals surface area contributed by atoms with Crippen LogP contribution in [0.15, 0.2) is 51.9 Å². The molecule has 0 radical (unpaired) electrons. The fourth-order valence-electron chi connectivity index (χ4n) is 2.75. The van der Waals surface area contributed by atoms with Crippen molar-refractivity contribution in [2.75, 3.05) is 33.0 Å². The van der Waals surface area contributed by atoms with E-state index < -0.39 is 0 Å². The highest BCUT2D eigenvalue weighted by atomic mass is 16.1. The predicted octanol–water partition coefficient (Wildman–Crippen LogP) is 3.69. The monoisotopic (exact) mass is 415 g/mol. The van der Waals surface area contributed by atoms with Crippen LogP contribution in [0.3, 0.4) is 0 Å². The Balaban J connectivity index is 2.72. The minimum Gasteiger partial charge on any atom is -0.379 e. The van der Waals surface area contributed by atoms with Crippen LogP contribution in [0.1, 0.15) is 39.2 Å². The molecule has 8 nitrogen and oxygen atoms in total. The summed E-state index contributed by atoms with van der Waals surface area (Å²) < 4.78 is 0. The molecule has 0 aliphatic heterocycles. The third-order valence-electron chi connectivity index (χ3n) is 4.81. The summed E-state index contributed by atoms with van der Waals surface area (Å²) in [4.78, 5) is 11.7. The van der Waals surface area contributed by atoms with Gasteiger partial charge in [-0.3, -0.25) is 14.8 Å². The van der Waals surface area contributed by atoms with Gasteiger partial charge in [0.25, 0.3) is 0 Å². The Bertz CT molecular complexity index is 732. The van der Waals surface area contributed by atoms with E-state index in [1.807, 2.05) is 57.2 Å². The van der Waals surface area contributed by atoms with Gasteiger partial charge in [-0.1, -0.05) is 36.4 Å². The van der Waals surface area contributed by atoms with Gasteiger partial charge >= 0.3 is 0 Å². The minimum atomic E-state index is -0.133. The van der Waals surface area contributed by atoms with E-state index in [9.17, 15) is 4.79 Å². The molecule has 2 N–H and O–H groups in total. The van der Waals surface area contributed by atoms with Gasteiger partial charge in [-0.25, -0.2) is 0 Å². The average Bonchev–Trinajstić information content (AvgIpc) is 2.74. The first-order valence-electron chi connectivity index (χ1n) is 10.4. The lowest BCUT2D eigenvalue weighted by atomic mass is 10.0. The zero-order valence-corrected chi connectivity index (χ0v) is 19.2. The van der Waals surface area contributed by atoms with Gasteiger partial charge in [0.15, 0.2) is 6.17 Å². The first-order valence-corrected chi connectivity index (χ1v) is 10.4. The van der Waals surface area contributed by atoms with E-state index in [-0.39, 0.29) is 18.1 Å². The number of nitrogens with one attached hydrogen (secondary N) is 2. The van der Waals surface area contributed by atoms with Gasteiger partial charge < -0.3 is 10.6 Å². The van der Waals surface area contributed by atoms with Gasteiger partial charge in [-0.05, 0) is 44.4 Å². The largest absolute Gasteiger partial charge is 0.379 e. The number of carbonyl (C=O) groups excluding carboxylic acids is 1. The number of benzene rings is 1. The molecule has 1 rings (SSSR count). The van der Waals surface area contributed by atoms with Crippen LogP contribution in [0, 0.1) is 0 Å². The molecule has 2 unspecified atom stereocenters. The smallest absolute Gasteiger partial charge is 0.224 e. The van der Waals surface area contributed by atoms with E-state index in [0.29, 0.717) is 6.42 Å². The molecule has 30 heavy (non-hydrogen) atoms. The summed E-state index contributed by atoms with van der Waals surface area (Å²) in [7, 11) is 5.43. The third kappa shape index (κ3) is 9.07. The quantitative estimate of drug-likeness (QED) is 0.223. The molecule has 0 fully saturated rings. The lowest BCUT2D eigenvalue weighted by molar-refractivity contribution is -0.119. The van der Waals surface area contributed by atoms with Crippen molar-refractivity contribution in [1.82, 2.24) is 15.3 Å². The number of nitrogens with zero attached hydrogens (tertiary/aromatic N) is 5. The maximum Gasteiger partial charge on any atom is 0.224 e. The topological polar surface area (TPSA) is 84.7 Å². The van der Waals surface area contributed by atoms with Crippen LogP contribution in [0.2, 0.25) is 0 Å². The van der Waals surface area contributed by atoms with Crippen molar-refractivity contribution >= 4 is 17.8 Å². The van der Waals surface area contributed by atoms with Crippen molar-refractivity contribution in [3.05, 3.63) is 42.0 Å². The van der Waals surface area contributed by atoms with Crippen LogP contribution in [-0.2, 0) is 11.2 Å². The molecule has 2 atom stereocenters. The van der Waals surface area contributed by atoms with Gasteiger partial charge in [0.05, 0.1) is 6.42 Å². The Morgan fingerprint density at radius 2 is 2.07 bits per heavy atom. The highest BCUT2D eigenvalue weighted by Gasteiger charge is 2.13. The van der Waals surface area contributed by atoms with Gasteiger partial charge in [-0.2, -0.15) is 5.10 Å². The molecule has 166 valence electrons. The van der Waals surface area contributed by atoms with Crippen molar-refractivity contribution in [3.63, 3.8) is 0 Å². The molecule has 0 saturated carbocycles. The lowest BCUT2D eigenvalue weighted by Gasteiger charge is -2.24. The van der Waals surface area contributed by atoms with Crippen molar-refractivity contribution in [3.8, 4) is 0 Å². The molecule has 0 aromatic heterocycles. The van der Waals surface area contributed by atoms with Crippen molar-refractivity contribution < 1.29 is 4.79 Å². The Morgan fingerprint density at radius 1 is 1.33 bits per heavy atom. The Hall–Kier alpha value is -2.90. The Labute approximate surface area is 181 Å². The zero-order valence-electron chi connectivity index (χ0n) is 19.2. The van der Waals surface area contributed by atoms with E-state index in [1.165, 1.54) is 0 Å². The summed E-state index contributed by atoms with van der Waals surface area (Å²) in [6, 6.07) is 8.05. The first-order chi connectivity index (χ1) is 14.3. The number of likely N-dealkylation sites (N-methyl/N-ethyl adjacent to an activating group) is 1. The second-order valence-electron chi connectivity index (χ2n) is 7.21. The summed E-state index contributed by atoms with van der Waals surface area (Å²) in [5.74, 6) is -0.00171. The standard InChI is InChI=1S/C22H37N7O/c1-8-17(3)21(13-14-28(6)27-26-18(4)29(7)24-9-2)25-20-12-10-11-19(15-20)16-22(30)23-5/h9-12,15,18,21,25H,3,8,13-14,16H2,1-2,4-7H3,(H,23,30)/b24-9-,27-26-. The summed E-state index contributed by atoms with van der Waals surface area (Å²) in [6.45, 7) is 10.9. The van der Waals surface area contributed by atoms with Crippen LogP contribution < -0.4 is 10.6 Å². The first kappa shape index (κ1) is 25.1. The molecule has 0 heterocycles. The summed E-state index contributed by atoms with van der Waals surface area (Å²) in [5, 5.41) is 22.6. The van der Waals surface area contributed by atoms with Crippen LogP contribution in [-0.4, -0.2) is 62.0 Å². The van der Waals surface area contributed by atoms with Gasteiger partial charge in [0.2, 0.25) is 5.91 Å². The van der Waals surface area contributed by atoms with Crippen LogP contribution in [0.25, 0.3) is 0 Å². The molecular formula is C22H37N7O. The maximum atomic E-state index is 11.7. The molecule has 1 amide bonds. The Morgan fingerprint density at radius 3 is 2.70 bits per heavy atom. The summed E-state index contributed by atoms with van der Waals surface area (Å²) >= 11 is 0. The average molecular weight is 416 g/mol. The van der Waals surface area contributed by atoms with Crippen LogP contribution in [0.5, 0.6) is 0 Å². The molecular weight excluding hydrogens is 378 g/mol. The zero-order chi connectivity index (χ0) is 22.5. The minimum absolute atomic E-state index is 0.00171. The van der Waals surface area contributed by atoms with Crippen LogP contribution in [0.4, 0.5) is 5.69 Å². The molecule has 1 aromatic carbocycles. The van der Waals surface area contributed by atoms with E-state index in [0.717, 1.165) is 36.2 Å². The van der Waals surface area contributed by atoms with E-state index in [2.05, 4.69) is 39.6 Å². The summed E-state index contributed by atoms with van der Waals surface area (Å²) in [6.07, 6.45) is 3.68. The second-order valence-corrected chi connectivity index (χ2v) is 7.21. The maximum absolute atomic E-state index is 11.7. The number of hydrazone groups is 1. The molecule has 8 heteroatoms. The SMILES string of the molecule is C=C(CC)C(CCN(C)/N=N\C(C)N(C)/N=C\C)Nc1cccc(CC(=O)NC)c1. The lowest BCUT2D eigenvalue weighted by Crippen LogP contribution is -2.27. The van der Waals surface area contributed by atoms with Crippen molar-refractivity contribution in [2.24, 2.45) is 15.4 Å². The van der Waals surface area contributed by atoms with Crippen molar-refractivity contribution in [1.29, 1.82) is 0 Å². The predicted molar refractivity (Wildman–Crippen MR) is 125 cm³/mol. The van der Waals surface area contributed by atoms with Gasteiger partial charge in [-0.15, -0.1) is 5.11 Å². The molecule has 0 bridgehead atoms. The third-order valence-corrected chi connectivity index (χ3v) is 4.81. The van der Waals surface area contributed by atoms with E-state index in [1.54, 1.807) is 18.3 Å². The van der Waals surface area contributed by atoms with E-state index >= 15 is 0 Å². The number of anilines is 1. The van der Waals surface area contributed by atoms with Crippen molar-refractivity contribution in [2.45, 2.75) is 52.2 Å². The Kier molecular flexibility index (Phi) is 11.2. The number of hydrogen-bond donors (Lipinski definition) is 2. The van der Waals surface area contributed by atoms with Gasteiger partial charge in [0, 0.05) is 45.6 Å². The fourth-order valence-corrected chi connectivity index (χ4v) is 2.75. The summed E-state index contributed by atoms with van der Waals surface area (Å²) in [5.41, 5.74) is 3.08. The normalized spacial score (nSPS) is 13.3. The highest BCUT2D eigenvalue weighted by molar-refractivity contribution is 5.78. The number of hydrogen-bond acceptors (Lipinski definition) is 6. The molecule has 0 aliphatic carbocycles. The number of rotatable bonds is 13. The molecule has 1 aromatic rings. The van der Waals surface area contributed by atoms with Crippen LogP contribution >= 0.6 is 0 Å². The molecule has 0 saturated heterocycles. The van der Waals surface area contributed by atoms with E-state index in [4.69, 9.17) is 0 Å². The number of carbonyl (C=O) groups is 1. The highest BCUT2D eigenvalue weighted by Crippen LogP contribution is 2.18.